The second kappa shape index (κ2) is 6.67. The lowest BCUT2D eigenvalue weighted by Gasteiger charge is -2.21. The first-order valence-electron chi connectivity index (χ1n) is 6.48. The van der Waals surface area contributed by atoms with E-state index in [1.165, 1.54) is 19.2 Å². The molecule has 20 heavy (non-hydrogen) atoms. The van der Waals surface area contributed by atoms with Crippen molar-refractivity contribution in [2.24, 2.45) is 0 Å². The minimum Gasteiger partial charge on any atom is -0.492 e. The number of aliphatic hydroxyl groups excluding tert-OH is 1. The minimum atomic E-state index is -0.523. The molecular formula is C14H18FNO4. The van der Waals surface area contributed by atoms with Crippen LogP contribution in [0.3, 0.4) is 0 Å². The summed E-state index contributed by atoms with van der Waals surface area (Å²) in [6.07, 6.45) is -0.145. The second-order valence-electron chi connectivity index (χ2n) is 4.73. The van der Waals surface area contributed by atoms with Gasteiger partial charge in [-0.2, -0.15) is 0 Å². The Morgan fingerprint density at radius 1 is 1.45 bits per heavy atom. The van der Waals surface area contributed by atoms with Gasteiger partial charge in [-0.05, 0) is 24.3 Å². The van der Waals surface area contributed by atoms with Crippen LogP contribution in [-0.4, -0.2) is 54.9 Å². The van der Waals surface area contributed by atoms with Gasteiger partial charge in [-0.3, -0.25) is 9.69 Å². The molecule has 1 aromatic rings. The highest BCUT2D eigenvalue weighted by molar-refractivity contribution is 5.76. The summed E-state index contributed by atoms with van der Waals surface area (Å²) in [5, 5.41) is 9.63. The molecule has 0 saturated carbocycles. The number of esters is 1. The van der Waals surface area contributed by atoms with Crippen molar-refractivity contribution < 1.29 is 23.8 Å². The van der Waals surface area contributed by atoms with Crippen molar-refractivity contribution in [3.63, 3.8) is 0 Å². The number of rotatable bonds is 5. The Morgan fingerprint density at radius 2 is 2.15 bits per heavy atom. The number of halogens is 1. The van der Waals surface area contributed by atoms with Crippen molar-refractivity contribution in [3.8, 4) is 5.75 Å². The van der Waals surface area contributed by atoms with Crippen LogP contribution < -0.4 is 4.74 Å². The maximum atomic E-state index is 12.7. The third kappa shape index (κ3) is 3.68. The standard InChI is InChI=1S/C14H18FNO4/c1-19-14(18)13-8-11(17)9-16(13)6-7-20-12-4-2-10(15)3-5-12/h2-5,11,13,17H,6-9H2,1H3. The van der Waals surface area contributed by atoms with Gasteiger partial charge in [0.05, 0.1) is 13.2 Å². The molecule has 1 fully saturated rings. The Kier molecular flexibility index (Phi) is 4.92. The largest absolute Gasteiger partial charge is 0.492 e. The van der Waals surface area contributed by atoms with Gasteiger partial charge in [-0.1, -0.05) is 0 Å². The summed E-state index contributed by atoms with van der Waals surface area (Å²) < 4.78 is 22.9. The topological polar surface area (TPSA) is 59.0 Å². The van der Waals surface area contributed by atoms with E-state index in [1.807, 2.05) is 4.90 Å². The van der Waals surface area contributed by atoms with Crippen molar-refractivity contribution >= 4 is 5.97 Å². The number of benzene rings is 1. The number of hydrogen-bond donors (Lipinski definition) is 1. The zero-order valence-electron chi connectivity index (χ0n) is 11.3. The summed E-state index contributed by atoms with van der Waals surface area (Å²) in [5.74, 6) is -0.0881. The fourth-order valence-electron chi connectivity index (χ4n) is 2.32. The van der Waals surface area contributed by atoms with Crippen LogP contribution in [0, 0.1) is 5.82 Å². The highest BCUT2D eigenvalue weighted by Gasteiger charge is 2.36. The SMILES string of the molecule is COC(=O)C1CC(O)CN1CCOc1ccc(F)cc1. The lowest BCUT2D eigenvalue weighted by Crippen LogP contribution is -2.39. The fraction of sp³-hybridized carbons (Fsp3) is 0.500. The highest BCUT2D eigenvalue weighted by atomic mass is 19.1. The van der Waals surface area contributed by atoms with Gasteiger partial charge in [0, 0.05) is 19.5 Å². The summed E-state index contributed by atoms with van der Waals surface area (Å²) in [7, 11) is 1.33. The smallest absolute Gasteiger partial charge is 0.323 e. The minimum absolute atomic E-state index is 0.314. The average molecular weight is 283 g/mol. The van der Waals surface area contributed by atoms with Gasteiger partial charge in [0.1, 0.15) is 24.2 Å². The van der Waals surface area contributed by atoms with Gasteiger partial charge in [0.15, 0.2) is 0 Å². The van der Waals surface area contributed by atoms with E-state index in [9.17, 15) is 14.3 Å². The van der Waals surface area contributed by atoms with Crippen LogP contribution in [0.15, 0.2) is 24.3 Å². The number of methoxy groups -OCH3 is 1. The van der Waals surface area contributed by atoms with E-state index in [2.05, 4.69) is 0 Å². The summed E-state index contributed by atoms with van der Waals surface area (Å²) in [6.45, 7) is 1.27. The monoisotopic (exact) mass is 283 g/mol. The van der Waals surface area contributed by atoms with Crippen molar-refractivity contribution in [2.75, 3.05) is 26.8 Å². The Bertz CT molecular complexity index is 451. The van der Waals surface area contributed by atoms with Crippen molar-refractivity contribution in [2.45, 2.75) is 18.6 Å². The molecule has 1 aromatic carbocycles. The van der Waals surface area contributed by atoms with Crippen molar-refractivity contribution in [1.29, 1.82) is 0 Å². The predicted octanol–water partition coefficient (Wildman–Crippen LogP) is 0.813. The maximum absolute atomic E-state index is 12.7. The molecule has 0 amide bonds. The fourth-order valence-corrected chi connectivity index (χ4v) is 2.32. The molecule has 1 N–H and O–H groups in total. The Morgan fingerprint density at radius 3 is 2.80 bits per heavy atom. The zero-order chi connectivity index (χ0) is 14.5. The van der Waals surface area contributed by atoms with Gasteiger partial charge >= 0.3 is 5.97 Å². The van der Waals surface area contributed by atoms with Crippen LogP contribution in [0.1, 0.15) is 6.42 Å². The van der Waals surface area contributed by atoms with Gasteiger partial charge in [-0.15, -0.1) is 0 Å². The molecule has 0 aromatic heterocycles. The third-order valence-electron chi connectivity index (χ3n) is 3.32. The molecule has 0 radical (unpaired) electrons. The Hall–Kier alpha value is -1.66. The van der Waals surface area contributed by atoms with Crippen LogP contribution >= 0.6 is 0 Å². The van der Waals surface area contributed by atoms with Gasteiger partial charge in [0.25, 0.3) is 0 Å². The summed E-state index contributed by atoms with van der Waals surface area (Å²) in [5.41, 5.74) is 0. The van der Waals surface area contributed by atoms with E-state index >= 15 is 0 Å². The van der Waals surface area contributed by atoms with E-state index in [-0.39, 0.29) is 11.8 Å². The molecule has 6 heteroatoms. The highest BCUT2D eigenvalue weighted by Crippen LogP contribution is 2.19. The summed E-state index contributed by atoms with van der Waals surface area (Å²) in [4.78, 5) is 13.4. The van der Waals surface area contributed by atoms with Gasteiger partial charge < -0.3 is 14.6 Å². The van der Waals surface area contributed by atoms with Crippen LogP contribution in [0.5, 0.6) is 5.75 Å². The van der Waals surface area contributed by atoms with Crippen molar-refractivity contribution in [3.05, 3.63) is 30.1 Å². The molecule has 0 spiro atoms. The van der Waals surface area contributed by atoms with Crippen LogP contribution in [0.4, 0.5) is 4.39 Å². The first-order chi connectivity index (χ1) is 9.60. The summed E-state index contributed by atoms with van der Waals surface area (Å²) in [6, 6.07) is 5.32. The molecule has 110 valence electrons. The molecule has 2 rings (SSSR count). The van der Waals surface area contributed by atoms with E-state index in [1.54, 1.807) is 12.1 Å². The first kappa shape index (κ1) is 14.7. The van der Waals surface area contributed by atoms with Crippen LogP contribution in [-0.2, 0) is 9.53 Å². The van der Waals surface area contributed by atoms with E-state index < -0.39 is 12.1 Å². The van der Waals surface area contributed by atoms with Crippen LogP contribution in [0.2, 0.25) is 0 Å². The number of aliphatic hydroxyl groups is 1. The number of carbonyl (C=O) groups is 1. The Labute approximate surface area is 116 Å². The predicted molar refractivity (Wildman–Crippen MR) is 69.9 cm³/mol. The number of carbonyl (C=O) groups excluding carboxylic acids is 1. The molecular weight excluding hydrogens is 265 g/mol. The van der Waals surface area contributed by atoms with Gasteiger partial charge in [0.2, 0.25) is 0 Å². The molecule has 1 aliphatic heterocycles. The quantitative estimate of drug-likeness (QED) is 0.811. The lowest BCUT2D eigenvalue weighted by atomic mass is 10.2. The molecule has 0 aliphatic carbocycles. The van der Waals surface area contributed by atoms with Gasteiger partial charge in [-0.25, -0.2) is 4.39 Å². The molecule has 1 aliphatic rings. The Balaban J connectivity index is 1.83. The zero-order valence-corrected chi connectivity index (χ0v) is 11.3. The number of β-amino-alcohol motifs (C(OH)–C–C–N with tert-alkyl or cyclic N) is 1. The van der Waals surface area contributed by atoms with E-state index in [0.29, 0.717) is 31.9 Å². The van der Waals surface area contributed by atoms with Crippen molar-refractivity contribution in [1.82, 2.24) is 4.90 Å². The van der Waals surface area contributed by atoms with Crippen LogP contribution in [0.25, 0.3) is 0 Å². The second-order valence-corrected chi connectivity index (χ2v) is 4.73. The first-order valence-corrected chi connectivity index (χ1v) is 6.48. The molecule has 2 atom stereocenters. The van der Waals surface area contributed by atoms with E-state index in [4.69, 9.17) is 9.47 Å². The molecule has 5 nitrogen and oxygen atoms in total. The molecule has 0 bridgehead atoms. The average Bonchev–Trinajstić information content (AvgIpc) is 2.81. The third-order valence-corrected chi connectivity index (χ3v) is 3.32. The lowest BCUT2D eigenvalue weighted by molar-refractivity contribution is -0.146. The number of nitrogens with zero attached hydrogens (tertiary/aromatic N) is 1. The normalized spacial score (nSPS) is 22.8. The number of hydrogen-bond acceptors (Lipinski definition) is 5. The number of likely N-dealkylation sites (tertiary alicyclic amines) is 1. The molecule has 1 heterocycles. The van der Waals surface area contributed by atoms with E-state index in [0.717, 1.165) is 0 Å². The molecule has 2 unspecified atom stereocenters. The maximum Gasteiger partial charge on any atom is 0.323 e. The number of ether oxygens (including phenoxy) is 2. The molecule has 1 saturated heterocycles. The summed E-state index contributed by atoms with van der Waals surface area (Å²) >= 11 is 0.